The molecule has 21 heteroatoms. The normalized spacial score (nSPS) is 20.2. The molecule has 0 saturated carbocycles. The van der Waals surface area contributed by atoms with Gasteiger partial charge in [-0.1, -0.05) is 12.1 Å². The molecule has 21 nitrogen and oxygen atoms in total. The number of benzene rings is 2. The number of hydrogen-bond donors (Lipinski definition) is 7. The first-order chi connectivity index (χ1) is 39.7. The molecule has 426 valence electrons. The van der Waals surface area contributed by atoms with Crippen molar-refractivity contribution in [3.63, 3.8) is 0 Å². The molecule has 6 aliphatic heterocycles. The van der Waals surface area contributed by atoms with Crippen LogP contribution in [0.5, 0.6) is 0 Å². The van der Waals surface area contributed by atoms with E-state index >= 15 is 0 Å². The number of rotatable bonds is 18. The number of aromatic nitrogens is 6. The Hall–Kier alpha value is -7.11. The van der Waals surface area contributed by atoms with Gasteiger partial charge >= 0.3 is 0 Å². The number of pyridine rings is 2. The highest BCUT2D eigenvalue weighted by Crippen LogP contribution is 2.43. The number of carbonyl (C=O) groups excluding carboxylic acids is 1. The number of carbonyl (C=O) groups is 1. The van der Waals surface area contributed by atoms with Gasteiger partial charge in [0.2, 0.25) is 0 Å². The van der Waals surface area contributed by atoms with E-state index in [2.05, 4.69) is 104 Å². The van der Waals surface area contributed by atoms with E-state index in [0.717, 1.165) is 82.0 Å². The van der Waals surface area contributed by atoms with Gasteiger partial charge in [0, 0.05) is 132 Å². The lowest BCUT2D eigenvalue weighted by molar-refractivity contribution is -0.0704. The van der Waals surface area contributed by atoms with Gasteiger partial charge in [-0.15, -0.1) is 0 Å². The van der Waals surface area contributed by atoms with Crippen LogP contribution in [0.2, 0.25) is 0 Å². The van der Waals surface area contributed by atoms with Crippen molar-refractivity contribution < 1.29 is 19.4 Å². The number of hydrogen-bond acceptors (Lipinski definition) is 20. The number of primary amides is 1. The monoisotopic (exact) mass is 1100 g/mol. The minimum atomic E-state index is -1.15. The molecular weight excluding hydrogens is 1020 g/mol. The van der Waals surface area contributed by atoms with Crippen LogP contribution < -0.4 is 42.1 Å². The molecule has 0 aliphatic carbocycles. The molecule has 4 aromatic heterocycles. The third-order valence-corrected chi connectivity index (χ3v) is 17.2. The number of nitrogens with one attached hydrogen (secondary N) is 5. The first-order valence-electron chi connectivity index (χ1n) is 29.1. The van der Waals surface area contributed by atoms with Crippen molar-refractivity contribution in [1.29, 1.82) is 0 Å². The Balaban J connectivity index is 0.699. The van der Waals surface area contributed by atoms with Crippen molar-refractivity contribution in [1.82, 2.24) is 49.9 Å². The topological polar surface area (TPSA) is 235 Å². The second-order valence-corrected chi connectivity index (χ2v) is 22.8. The molecule has 10 heterocycles. The van der Waals surface area contributed by atoms with Crippen molar-refractivity contribution in [2.75, 3.05) is 137 Å². The van der Waals surface area contributed by atoms with Crippen LogP contribution in [0.15, 0.2) is 97.3 Å². The average molecular weight is 1100 g/mol. The van der Waals surface area contributed by atoms with Crippen molar-refractivity contribution in [2.24, 2.45) is 11.1 Å². The fourth-order valence-electron chi connectivity index (χ4n) is 12.3. The Labute approximate surface area is 474 Å². The minimum Gasteiger partial charge on any atom is -0.381 e. The minimum absolute atomic E-state index is 0.0219. The number of nitrogens with zero attached hydrogens (tertiary/aromatic N) is 11. The van der Waals surface area contributed by atoms with Crippen LogP contribution in [0.3, 0.4) is 0 Å². The molecule has 0 bridgehead atoms. The summed E-state index contributed by atoms with van der Waals surface area (Å²) in [5.41, 5.74) is 13.0. The van der Waals surface area contributed by atoms with Gasteiger partial charge in [0.25, 0.3) is 5.91 Å². The fraction of sp³-hybridized carbons (Fsp3) is 0.483. The maximum atomic E-state index is 12.8. The van der Waals surface area contributed by atoms with Gasteiger partial charge < -0.3 is 56.3 Å². The number of anilines is 8. The molecule has 6 aromatic rings. The summed E-state index contributed by atoms with van der Waals surface area (Å²) in [5, 5.41) is 29.6. The van der Waals surface area contributed by atoms with Crippen LogP contribution in [-0.2, 0) is 9.47 Å². The maximum Gasteiger partial charge on any atom is 0.271 e. The summed E-state index contributed by atoms with van der Waals surface area (Å²) in [4.78, 5) is 54.5. The third kappa shape index (κ3) is 13.0. The van der Waals surface area contributed by atoms with E-state index in [1.54, 1.807) is 12.4 Å². The summed E-state index contributed by atoms with van der Waals surface area (Å²) in [7, 11) is 2.25. The van der Waals surface area contributed by atoms with Crippen molar-refractivity contribution in [2.45, 2.75) is 75.7 Å². The first kappa shape index (κ1) is 54.5. The highest BCUT2D eigenvalue weighted by atomic mass is 16.5. The smallest absolute Gasteiger partial charge is 0.271 e. The SMILES string of the molecule is CN1CCC2(CC1)CN(C1CCN(c3ccc(Nc4nc(NC5CCOCC5)c(-c5ccccn5)nc4C(O)NCN4CCN(c5ccc(Nc6nc(NC7CCOCC7)c(-c7ccccn7)nc6C(N)=O)cc5)CC4)cc3)CC1)C2. The third-order valence-electron chi connectivity index (χ3n) is 17.2. The lowest BCUT2D eigenvalue weighted by Gasteiger charge is -2.57. The molecule has 81 heavy (non-hydrogen) atoms. The van der Waals surface area contributed by atoms with E-state index in [-0.39, 0.29) is 23.6 Å². The first-order valence-corrected chi connectivity index (χ1v) is 29.1. The summed E-state index contributed by atoms with van der Waals surface area (Å²) in [6, 6.07) is 28.9. The van der Waals surface area contributed by atoms with Crippen molar-refractivity contribution >= 4 is 51.9 Å². The van der Waals surface area contributed by atoms with E-state index in [1.165, 1.54) is 57.5 Å². The van der Waals surface area contributed by atoms with Gasteiger partial charge in [0.15, 0.2) is 35.2 Å². The largest absolute Gasteiger partial charge is 0.381 e. The number of likely N-dealkylation sites (tertiary alicyclic amines) is 2. The van der Waals surface area contributed by atoms with Crippen LogP contribution >= 0.6 is 0 Å². The van der Waals surface area contributed by atoms with E-state index in [0.29, 0.717) is 90.5 Å². The van der Waals surface area contributed by atoms with Crippen LogP contribution in [0, 0.1) is 5.41 Å². The molecule has 2 aromatic carbocycles. The lowest BCUT2D eigenvalue weighted by Crippen LogP contribution is -2.63. The maximum absolute atomic E-state index is 12.8. The van der Waals surface area contributed by atoms with Crippen molar-refractivity contribution in [3.8, 4) is 22.8 Å². The van der Waals surface area contributed by atoms with Gasteiger partial charge in [-0.25, -0.2) is 19.9 Å². The van der Waals surface area contributed by atoms with Crippen LogP contribution in [-0.4, -0.2) is 179 Å². The van der Waals surface area contributed by atoms with Crippen LogP contribution in [0.4, 0.5) is 46.0 Å². The Kier molecular flexibility index (Phi) is 16.8. The molecule has 1 unspecified atom stereocenters. The van der Waals surface area contributed by atoms with Gasteiger partial charge in [-0.3, -0.25) is 29.9 Å². The predicted molar refractivity (Wildman–Crippen MR) is 316 cm³/mol. The van der Waals surface area contributed by atoms with E-state index < -0.39 is 12.1 Å². The Bertz CT molecular complexity index is 3030. The Morgan fingerprint density at radius 3 is 1.68 bits per heavy atom. The summed E-state index contributed by atoms with van der Waals surface area (Å²) in [6.07, 6.45) is 10.7. The predicted octanol–water partition coefficient (Wildman–Crippen LogP) is 6.52. The van der Waals surface area contributed by atoms with Crippen molar-refractivity contribution in [3.05, 3.63) is 109 Å². The van der Waals surface area contributed by atoms with E-state index in [1.807, 2.05) is 48.5 Å². The molecule has 8 N–H and O–H groups in total. The highest BCUT2D eigenvalue weighted by molar-refractivity contribution is 5.97. The summed E-state index contributed by atoms with van der Waals surface area (Å²) >= 11 is 0. The summed E-state index contributed by atoms with van der Waals surface area (Å²) in [6.45, 7) is 13.2. The second kappa shape index (κ2) is 24.9. The lowest BCUT2D eigenvalue weighted by atomic mass is 9.71. The average Bonchev–Trinajstić information content (AvgIpc) is 3.52. The quantitative estimate of drug-likeness (QED) is 0.0454. The molecule has 6 saturated heterocycles. The molecule has 6 fully saturated rings. The molecule has 1 amide bonds. The molecule has 1 atom stereocenters. The van der Waals surface area contributed by atoms with E-state index in [4.69, 9.17) is 35.1 Å². The fourth-order valence-corrected chi connectivity index (χ4v) is 12.3. The molecule has 6 aliphatic rings. The number of piperazine rings is 1. The van der Waals surface area contributed by atoms with Gasteiger partial charge in [-0.05, 0) is 150 Å². The number of ether oxygens (including phenoxy) is 2. The number of aliphatic hydroxyl groups excluding tert-OH is 1. The van der Waals surface area contributed by atoms with Crippen LogP contribution in [0.1, 0.15) is 73.8 Å². The number of piperidine rings is 2. The van der Waals surface area contributed by atoms with Gasteiger partial charge in [-0.2, -0.15) is 0 Å². The Morgan fingerprint density at radius 2 is 1.15 bits per heavy atom. The highest BCUT2D eigenvalue weighted by Gasteiger charge is 2.47. The molecular formula is C60H77N17O4. The second-order valence-electron chi connectivity index (χ2n) is 22.8. The zero-order valence-electron chi connectivity index (χ0n) is 46.5. The molecule has 0 radical (unpaired) electrons. The van der Waals surface area contributed by atoms with Crippen LogP contribution in [0.25, 0.3) is 22.8 Å². The molecule has 1 spiro atoms. The zero-order valence-corrected chi connectivity index (χ0v) is 46.5. The summed E-state index contributed by atoms with van der Waals surface area (Å²) < 4.78 is 11.3. The Morgan fingerprint density at radius 1 is 0.630 bits per heavy atom. The number of amides is 1. The number of nitrogens with two attached hydrogens (primary N) is 1. The zero-order chi connectivity index (χ0) is 55.1. The molecule has 12 rings (SSSR count). The standard InChI is InChI=1S/C60H77N17O4/c1-73-28-22-60(23-29-73)38-77(39-60)47-16-26-75(27-17-47)45-12-8-42(9-13-45)66-58-53(70-51(49-7-3-5-25-63-49)56(72-58)68-44-20-36-81-37-21-44)59(79)64-40-74-30-32-76(33-31-74)46-14-10-41(11-15-46)65-57-52(54(61)78)69-50(48-6-2-4-24-62-48)55(71-57)67-43-18-34-80-35-19-43/h2-15,24-25,43-44,47,59,64,79H,16-23,26-40H2,1H3,(H2,61,78)(H2,65,67,71)(H2,66,68,72). The van der Waals surface area contributed by atoms with Gasteiger partial charge in [0.05, 0.1) is 18.1 Å². The summed E-state index contributed by atoms with van der Waals surface area (Å²) in [5.74, 6) is 1.15. The van der Waals surface area contributed by atoms with Gasteiger partial charge in [0.1, 0.15) is 17.1 Å². The number of aliphatic hydroxyl groups is 1. The van der Waals surface area contributed by atoms with E-state index in [9.17, 15) is 9.90 Å².